The van der Waals surface area contributed by atoms with Gasteiger partial charge in [0, 0.05) is 4.90 Å². The fourth-order valence-electron chi connectivity index (χ4n) is 1.73. The van der Waals surface area contributed by atoms with Gasteiger partial charge in [-0.05, 0) is 31.4 Å². The Hall–Kier alpha value is -1.49. The van der Waals surface area contributed by atoms with E-state index >= 15 is 0 Å². The van der Waals surface area contributed by atoms with Crippen molar-refractivity contribution in [2.75, 3.05) is 5.75 Å². The van der Waals surface area contributed by atoms with Crippen LogP contribution < -0.4 is 5.32 Å². The summed E-state index contributed by atoms with van der Waals surface area (Å²) < 4.78 is 0. The molecular weight excluding hydrogens is 274 g/mol. The first-order valence-corrected chi connectivity index (χ1v) is 7.52. The number of amides is 1. The zero-order chi connectivity index (χ0) is 15.3. The first-order chi connectivity index (χ1) is 9.31. The second kappa shape index (κ2) is 7.33. The highest BCUT2D eigenvalue weighted by molar-refractivity contribution is 8.00. The van der Waals surface area contributed by atoms with Crippen molar-refractivity contribution in [1.82, 2.24) is 5.32 Å². The van der Waals surface area contributed by atoms with Crippen LogP contribution in [-0.4, -0.2) is 28.8 Å². The molecule has 0 spiro atoms. The topological polar surface area (TPSA) is 66.4 Å². The van der Waals surface area contributed by atoms with Crippen molar-refractivity contribution in [3.05, 3.63) is 29.3 Å². The number of thioether (sulfide) groups is 1. The summed E-state index contributed by atoms with van der Waals surface area (Å²) in [6, 6.07) is 5.24. The van der Waals surface area contributed by atoms with Gasteiger partial charge in [-0.1, -0.05) is 31.5 Å². The van der Waals surface area contributed by atoms with Crippen LogP contribution in [0.15, 0.2) is 23.1 Å². The van der Waals surface area contributed by atoms with Crippen LogP contribution in [0.4, 0.5) is 0 Å². The monoisotopic (exact) mass is 295 g/mol. The van der Waals surface area contributed by atoms with Gasteiger partial charge >= 0.3 is 5.97 Å². The molecule has 0 bridgehead atoms. The number of hydrogen-bond acceptors (Lipinski definition) is 3. The number of carbonyl (C=O) groups is 2. The largest absolute Gasteiger partial charge is 0.480 e. The minimum absolute atomic E-state index is 0.137. The van der Waals surface area contributed by atoms with Gasteiger partial charge in [0.25, 0.3) is 0 Å². The van der Waals surface area contributed by atoms with Gasteiger partial charge in [-0.25, -0.2) is 4.79 Å². The molecule has 1 aromatic rings. The maximum absolute atomic E-state index is 11.8. The van der Waals surface area contributed by atoms with E-state index in [9.17, 15) is 9.59 Å². The quantitative estimate of drug-likeness (QED) is 0.792. The van der Waals surface area contributed by atoms with Crippen molar-refractivity contribution in [1.29, 1.82) is 0 Å². The van der Waals surface area contributed by atoms with Gasteiger partial charge in [0.05, 0.1) is 5.75 Å². The van der Waals surface area contributed by atoms with Gasteiger partial charge in [0.2, 0.25) is 5.91 Å². The molecule has 1 aromatic carbocycles. The Morgan fingerprint density at radius 3 is 2.50 bits per heavy atom. The van der Waals surface area contributed by atoms with Crippen LogP contribution in [-0.2, 0) is 9.59 Å². The minimum Gasteiger partial charge on any atom is -0.480 e. The number of hydrogen-bond donors (Lipinski definition) is 2. The third-order valence-electron chi connectivity index (χ3n) is 2.95. The van der Waals surface area contributed by atoms with Crippen LogP contribution >= 0.6 is 11.8 Å². The van der Waals surface area contributed by atoms with E-state index in [2.05, 4.69) is 5.32 Å². The highest BCUT2D eigenvalue weighted by atomic mass is 32.2. The van der Waals surface area contributed by atoms with E-state index < -0.39 is 12.0 Å². The number of aryl methyl sites for hydroxylation is 2. The van der Waals surface area contributed by atoms with E-state index in [1.54, 1.807) is 13.8 Å². The summed E-state index contributed by atoms with van der Waals surface area (Å²) in [5.74, 6) is -1.16. The Kier molecular flexibility index (Phi) is 6.07. The third-order valence-corrected chi connectivity index (χ3v) is 4.11. The maximum Gasteiger partial charge on any atom is 0.326 e. The minimum atomic E-state index is -0.995. The molecule has 2 N–H and O–H groups in total. The molecule has 1 rings (SSSR count). The van der Waals surface area contributed by atoms with Crippen LogP contribution in [0.1, 0.15) is 25.0 Å². The average molecular weight is 295 g/mol. The molecule has 110 valence electrons. The molecule has 0 aliphatic heterocycles. The van der Waals surface area contributed by atoms with Gasteiger partial charge in [-0.2, -0.15) is 0 Å². The van der Waals surface area contributed by atoms with Gasteiger partial charge in [-0.15, -0.1) is 11.8 Å². The van der Waals surface area contributed by atoms with E-state index in [0.29, 0.717) is 0 Å². The van der Waals surface area contributed by atoms with Crippen LogP contribution in [0.3, 0.4) is 0 Å². The first-order valence-electron chi connectivity index (χ1n) is 6.53. The Morgan fingerprint density at radius 2 is 1.95 bits per heavy atom. The number of carboxylic acid groups (broad SMARTS) is 1. The van der Waals surface area contributed by atoms with Crippen LogP contribution in [0.5, 0.6) is 0 Å². The molecule has 0 aliphatic rings. The predicted molar refractivity (Wildman–Crippen MR) is 81.0 cm³/mol. The lowest BCUT2D eigenvalue weighted by Crippen LogP contribution is -2.45. The number of carbonyl (C=O) groups excluding carboxylic acids is 1. The zero-order valence-corrected chi connectivity index (χ0v) is 13.1. The molecule has 0 saturated carbocycles. The second-order valence-corrected chi connectivity index (χ2v) is 6.20. The highest BCUT2D eigenvalue weighted by Crippen LogP contribution is 2.23. The molecule has 5 heteroatoms. The number of carboxylic acids is 1. The lowest BCUT2D eigenvalue weighted by atomic mass is 10.1. The summed E-state index contributed by atoms with van der Waals surface area (Å²) in [6.45, 7) is 7.55. The molecular formula is C15H21NO3S. The average Bonchev–Trinajstić information content (AvgIpc) is 2.36. The molecule has 0 aliphatic carbocycles. The standard InChI is InChI=1S/C15H21NO3S/c1-9(2)14(15(18)19)16-13(17)8-20-12-7-10(3)5-6-11(12)4/h5-7,9,14H,8H2,1-4H3,(H,16,17)(H,18,19)/t14-/m0/s1. The smallest absolute Gasteiger partial charge is 0.326 e. The Balaban J connectivity index is 2.59. The molecule has 0 unspecified atom stereocenters. The van der Waals surface area contributed by atoms with E-state index in [1.165, 1.54) is 11.8 Å². The Bertz CT molecular complexity index is 500. The number of aliphatic carboxylic acids is 1. The normalized spacial score (nSPS) is 12.2. The van der Waals surface area contributed by atoms with E-state index in [1.807, 2.05) is 32.0 Å². The van der Waals surface area contributed by atoms with Crippen molar-refractivity contribution in [2.45, 2.75) is 38.6 Å². The van der Waals surface area contributed by atoms with Gasteiger partial charge in [0.15, 0.2) is 0 Å². The Morgan fingerprint density at radius 1 is 1.30 bits per heavy atom. The maximum atomic E-state index is 11.8. The molecule has 1 amide bonds. The molecule has 1 atom stereocenters. The second-order valence-electron chi connectivity index (χ2n) is 5.19. The number of rotatable bonds is 6. The molecule has 0 radical (unpaired) electrons. The number of benzene rings is 1. The summed E-state index contributed by atoms with van der Waals surface area (Å²) in [5, 5.41) is 11.6. The third kappa shape index (κ3) is 4.89. The SMILES string of the molecule is Cc1ccc(C)c(SCC(=O)N[C@H](C(=O)O)C(C)C)c1. The lowest BCUT2D eigenvalue weighted by molar-refractivity contribution is -0.142. The number of nitrogens with one attached hydrogen (secondary N) is 1. The molecule has 4 nitrogen and oxygen atoms in total. The summed E-state index contributed by atoms with van der Waals surface area (Å²) in [6.07, 6.45) is 0. The fraction of sp³-hybridized carbons (Fsp3) is 0.467. The van der Waals surface area contributed by atoms with Gasteiger partial charge < -0.3 is 10.4 Å². The van der Waals surface area contributed by atoms with E-state index in [4.69, 9.17) is 5.11 Å². The van der Waals surface area contributed by atoms with Crippen LogP contribution in [0.25, 0.3) is 0 Å². The van der Waals surface area contributed by atoms with E-state index in [-0.39, 0.29) is 17.6 Å². The van der Waals surface area contributed by atoms with E-state index in [0.717, 1.165) is 16.0 Å². The molecule has 0 aromatic heterocycles. The van der Waals surface area contributed by atoms with Crippen LogP contribution in [0, 0.1) is 19.8 Å². The first kappa shape index (κ1) is 16.6. The lowest BCUT2D eigenvalue weighted by Gasteiger charge is -2.17. The summed E-state index contributed by atoms with van der Waals surface area (Å²) in [4.78, 5) is 23.9. The summed E-state index contributed by atoms with van der Waals surface area (Å²) in [5.41, 5.74) is 2.26. The van der Waals surface area contributed by atoms with Crippen molar-refractivity contribution >= 4 is 23.6 Å². The molecule has 0 saturated heterocycles. The summed E-state index contributed by atoms with van der Waals surface area (Å²) >= 11 is 1.43. The summed E-state index contributed by atoms with van der Waals surface area (Å²) in [7, 11) is 0. The molecule has 20 heavy (non-hydrogen) atoms. The fourth-order valence-corrected chi connectivity index (χ4v) is 2.67. The highest BCUT2D eigenvalue weighted by Gasteiger charge is 2.23. The zero-order valence-electron chi connectivity index (χ0n) is 12.3. The van der Waals surface area contributed by atoms with Crippen molar-refractivity contribution in [3.8, 4) is 0 Å². The van der Waals surface area contributed by atoms with Crippen molar-refractivity contribution in [2.24, 2.45) is 5.92 Å². The predicted octanol–water partition coefficient (Wildman–Crippen LogP) is 2.62. The van der Waals surface area contributed by atoms with Gasteiger partial charge in [0.1, 0.15) is 6.04 Å². The Labute approximate surface area is 124 Å². The molecule has 0 fully saturated rings. The van der Waals surface area contributed by atoms with Crippen LogP contribution in [0.2, 0.25) is 0 Å². The van der Waals surface area contributed by atoms with Gasteiger partial charge in [-0.3, -0.25) is 4.79 Å². The molecule has 0 heterocycles. The van der Waals surface area contributed by atoms with Crippen molar-refractivity contribution < 1.29 is 14.7 Å². The van der Waals surface area contributed by atoms with Crippen molar-refractivity contribution in [3.63, 3.8) is 0 Å².